The molecule has 2 N–H and O–H groups in total. The third-order valence-corrected chi connectivity index (χ3v) is 6.26. The van der Waals surface area contributed by atoms with E-state index in [-0.39, 0.29) is 0 Å². The van der Waals surface area contributed by atoms with Gasteiger partial charge in [-0.2, -0.15) is 0 Å². The standard InChI is InChI=1S/C16H26O4/c1-7-16(8-2)9-10(3)11(4)14(5,12(17)18)15(16,6)13(19)20/h7-9H2,1-6H3,(H,17,18)(H,19,20). The van der Waals surface area contributed by atoms with Crippen LogP contribution in [0.3, 0.4) is 0 Å². The van der Waals surface area contributed by atoms with E-state index >= 15 is 0 Å². The molecule has 0 aliphatic heterocycles. The van der Waals surface area contributed by atoms with E-state index in [1.165, 1.54) is 0 Å². The van der Waals surface area contributed by atoms with E-state index in [2.05, 4.69) is 0 Å². The van der Waals surface area contributed by atoms with Gasteiger partial charge >= 0.3 is 11.9 Å². The molecule has 1 aliphatic rings. The predicted molar refractivity (Wildman–Crippen MR) is 77.5 cm³/mol. The van der Waals surface area contributed by atoms with Gasteiger partial charge in [0.05, 0.1) is 5.41 Å². The molecule has 1 aliphatic carbocycles. The highest BCUT2D eigenvalue weighted by molar-refractivity contribution is 5.90. The predicted octanol–water partition coefficient (Wildman–Crippen LogP) is 3.71. The third-order valence-electron chi connectivity index (χ3n) is 6.26. The Kier molecular flexibility index (Phi) is 4.10. The van der Waals surface area contributed by atoms with Crippen LogP contribution in [0.2, 0.25) is 0 Å². The smallest absolute Gasteiger partial charge is 0.314 e. The number of hydrogen-bond acceptors (Lipinski definition) is 2. The maximum atomic E-state index is 12.1. The van der Waals surface area contributed by atoms with Crippen molar-refractivity contribution in [1.82, 2.24) is 0 Å². The van der Waals surface area contributed by atoms with Crippen molar-refractivity contribution in [3.8, 4) is 0 Å². The molecule has 1 rings (SSSR count). The average Bonchev–Trinajstić information content (AvgIpc) is 2.40. The fraction of sp³-hybridized carbons (Fsp3) is 0.750. The summed E-state index contributed by atoms with van der Waals surface area (Å²) in [6.45, 7) is 10.8. The van der Waals surface area contributed by atoms with Crippen molar-refractivity contribution in [2.45, 2.75) is 60.8 Å². The fourth-order valence-corrected chi connectivity index (χ4v) is 4.17. The van der Waals surface area contributed by atoms with Crippen LogP contribution in [0.15, 0.2) is 11.1 Å². The van der Waals surface area contributed by atoms with Gasteiger partial charge < -0.3 is 10.2 Å². The van der Waals surface area contributed by atoms with Gasteiger partial charge in [-0.1, -0.05) is 25.0 Å². The largest absolute Gasteiger partial charge is 0.481 e. The highest BCUT2D eigenvalue weighted by Crippen LogP contribution is 2.64. The summed E-state index contributed by atoms with van der Waals surface area (Å²) in [5, 5.41) is 19.7. The van der Waals surface area contributed by atoms with Crippen molar-refractivity contribution in [3.05, 3.63) is 11.1 Å². The maximum absolute atomic E-state index is 12.1. The zero-order valence-electron chi connectivity index (χ0n) is 13.3. The van der Waals surface area contributed by atoms with Crippen molar-refractivity contribution in [3.63, 3.8) is 0 Å². The van der Waals surface area contributed by atoms with Gasteiger partial charge in [0.15, 0.2) is 0 Å². The molecule has 0 radical (unpaired) electrons. The summed E-state index contributed by atoms with van der Waals surface area (Å²) in [6, 6.07) is 0. The lowest BCUT2D eigenvalue weighted by Gasteiger charge is -2.57. The molecule has 0 aromatic rings. The SMILES string of the molecule is CCC1(CC)CC(C)=C(C)C(C)(C(=O)O)C1(C)C(=O)O. The summed E-state index contributed by atoms with van der Waals surface area (Å²) in [5.41, 5.74) is -1.54. The molecule has 0 saturated heterocycles. The zero-order valence-corrected chi connectivity index (χ0v) is 13.3. The summed E-state index contributed by atoms with van der Waals surface area (Å²) in [4.78, 5) is 24.1. The van der Waals surface area contributed by atoms with E-state index < -0.39 is 28.2 Å². The van der Waals surface area contributed by atoms with Crippen LogP contribution >= 0.6 is 0 Å². The van der Waals surface area contributed by atoms with Crippen LogP contribution in [-0.4, -0.2) is 22.2 Å². The molecule has 0 aromatic carbocycles. The number of carbonyl (C=O) groups is 2. The van der Waals surface area contributed by atoms with Crippen molar-refractivity contribution in [2.75, 3.05) is 0 Å². The van der Waals surface area contributed by atoms with E-state index in [4.69, 9.17) is 0 Å². The Morgan fingerprint density at radius 1 is 1.05 bits per heavy atom. The van der Waals surface area contributed by atoms with E-state index in [0.29, 0.717) is 24.8 Å². The number of allylic oxidation sites excluding steroid dienone is 1. The first-order chi connectivity index (χ1) is 9.05. The molecule has 2 atom stereocenters. The van der Waals surface area contributed by atoms with Crippen LogP contribution in [0.25, 0.3) is 0 Å². The van der Waals surface area contributed by atoms with Crippen LogP contribution in [0, 0.1) is 16.2 Å². The second kappa shape index (κ2) is 4.90. The van der Waals surface area contributed by atoms with Gasteiger partial charge in [0.25, 0.3) is 0 Å². The van der Waals surface area contributed by atoms with Gasteiger partial charge in [-0.25, -0.2) is 0 Å². The second-order valence-electron chi connectivity index (χ2n) is 6.43. The first-order valence-corrected chi connectivity index (χ1v) is 7.18. The van der Waals surface area contributed by atoms with Crippen LogP contribution in [0.1, 0.15) is 60.8 Å². The summed E-state index contributed by atoms with van der Waals surface area (Å²) < 4.78 is 0. The van der Waals surface area contributed by atoms with Gasteiger partial charge in [-0.3, -0.25) is 9.59 Å². The molecule has 0 heterocycles. The zero-order chi connectivity index (χ0) is 15.9. The highest BCUT2D eigenvalue weighted by Gasteiger charge is 2.67. The Bertz CT molecular complexity index is 473. The monoisotopic (exact) mass is 282 g/mol. The molecule has 114 valence electrons. The van der Waals surface area contributed by atoms with E-state index in [1.54, 1.807) is 20.8 Å². The number of carboxylic acid groups (broad SMARTS) is 2. The van der Waals surface area contributed by atoms with E-state index in [0.717, 1.165) is 5.57 Å². The Morgan fingerprint density at radius 3 is 1.80 bits per heavy atom. The molecule has 20 heavy (non-hydrogen) atoms. The van der Waals surface area contributed by atoms with E-state index in [1.807, 2.05) is 20.8 Å². The van der Waals surface area contributed by atoms with Gasteiger partial charge in [0.2, 0.25) is 0 Å². The number of rotatable bonds is 4. The lowest BCUT2D eigenvalue weighted by atomic mass is 9.43. The van der Waals surface area contributed by atoms with Gasteiger partial charge in [-0.05, 0) is 52.4 Å². The van der Waals surface area contributed by atoms with Crippen molar-refractivity contribution in [2.24, 2.45) is 16.2 Å². The van der Waals surface area contributed by atoms with E-state index in [9.17, 15) is 19.8 Å². The van der Waals surface area contributed by atoms with Crippen LogP contribution < -0.4 is 0 Å². The minimum absolute atomic E-state index is 0.532. The topological polar surface area (TPSA) is 74.6 Å². The summed E-state index contributed by atoms with van der Waals surface area (Å²) in [5.74, 6) is -2.07. The van der Waals surface area contributed by atoms with Crippen LogP contribution in [0.5, 0.6) is 0 Å². The van der Waals surface area contributed by atoms with Gasteiger partial charge in [0.1, 0.15) is 5.41 Å². The molecule has 0 saturated carbocycles. The highest BCUT2D eigenvalue weighted by atomic mass is 16.4. The molecule has 2 unspecified atom stereocenters. The molecule has 0 spiro atoms. The van der Waals surface area contributed by atoms with Gasteiger partial charge in [0, 0.05) is 0 Å². The number of hydrogen-bond donors (Lipinski definition) is 2. The Morgan fingerprint density at radius 2 is 1.50 bits per heavy atom. The molecular formula is C16H26O4. The lowest BCUT2D eigenvalue weighted by Crippen LogP contribution is -2.61. The van der Waals surface area contributed by atoms with Crippen molar-refractivity contribution >= 4 is 11.9 Å². The Labute approximate surface area is 120 Å². The quantitative estimate of drug-likeness (QED) is 0.771. The molecule has 0 fully saturated rings. The molecular weight excluding hydrogens is 256 g/mol. The summed E-state index contributed by atoms with van der Waals surface area (Å²) in [6.07, 6.45) is 1.96. The first kappa shape index (κ1) is 16.7. The molecule has 0 aromatic heterocycles. The summed E-state index contributed by atoms with van der Waals surface area (Å²) >= 11 is 0. The number of carboxylic acids is 2. The molecule has 4 heteroatoms. The van der Waals surface area contributed by atoms with Gasteiger partial charge in [-0.15, -0.1) is 0 Å². The van der Waals surface area contributed by atoms with Crippen molar-refractivity contribution < 1.29 is 19.8 Å². The minimum atomic E-state index is -1.38. The molecule has 0 amide bonds. The first-order valence-electron chi connectivity index (χ1n) is 7.18. The summed E-state index contributed by atoms with van der Waals surface area (Å²) in [7, 11) is 0. The van der Waals surface area contributed by atoms with Crippen molar-refractivity contribution in [1.29, 1.82) is 0 Å². The Balaban J connectivity index is 3.82. The maximum Gasteiger partial charge on any atom is 0.314 e. The molecule has 4 nitrogen and oxygen atoms in total. The minimum Gasteiger partial charge on any atom is -0.481 e. The fourth-order valence-electron chi connectivity index (χ4n) is 4.17. The normalized spacial score (nSPS) is 33.1. The van der Waals surface area contributed by atoms with Crippen LogP contribution in [0.4, 0.5) is 0 Å². The Hall–Kier alpha value is -1.32. The third kappa shape index (κ3) is 1.66. The number of aliphatic carboxylic acids is 2. The average molecular weight is 282 g/mol. The lowest BCUT2D eigenvalue weighted by molar-refractivity contribution is -0.185. The van der Waals surface area contributed by atoms with Crippen LogP contribution in [-0.2, 0) is 9.59 Å². The second-order valence-corrected chi connectivity index (χ2v) is 6.43. The molecule has 0 bridgehead atoms.